The summed E-state index contributed by atoms with van der Waals surface area (Å²) in [5, 5.41) is 0. The molecule has 0 aliphatic rings. The Morgan fingerprint density at radius 2 is 1.10 bits per heavy atom. The average Bonchev–Trinajstić information content (AvgIpc) is 2.74. The molecule has 0 atom stereocenters. The number of benzene rings is 3. The molecule has 0 saturated heterocycles. The lowest BCUT2D eigenvalue weighted by Crippen LogP contribution is -2.38. The second kappa shape index (κ2) is 9.41. The summed E-state index contributed by atoms with van der Waals surface area (Å²) in [5.74, 6) is -0.859. The third-order valence-electron chi connectivity index (χ3n) is 4.62. The fraction of sp³-hybridized carbons (Fsp3) is 0.174. The zero-order chi connectivity index (χ0) is 20.8. The number of carbonyl (C=O) groups is 1. The second-order valence-electron chi connectivity index (χ2n) is 6.68. The molecule has 0 aliphatic heterocycles. The average molecular weight is 395 g/mol. The first-order valence-corrected chi connectivity index (χ1v) is 9.38. The summed E-state index contributed by atoms with van der Waals surface area (Å²) < 4.78 is 26.7. The molecule has 0 heterocycles. The summed E-state index contributed by atoms with van der Waals surface area (Å²) in [6.07, 6.45) is 0. The highest BCUT2D eigenvalue weighted by atomic mass is 19.1. The van der Waals surface area contributed by atoms with Gasteiger partial charge in [-0.3, -0.25) is 4.79 Å². The highest BCUT2D eigenvalue weighted by molar-refractivity contribution is 5.97. The lowest BCUT2D eigenvalue weighted by atomic mass is 9.95. The number of carbonyl (C=O) groups excluding carboxylic acids is 1. The molecule has 6 heteroatoms. The first-order valence-electron chi connectivity index (χ1n) is 9.38. The van der Waals surface area contributed by atoms with E-state index in [1.54, 1.807) is 41.3 Å². The molecule has 0 aromatic heterocycles. The molecule has 29 heavy (non-hydrogen) atoms. The van der Waals surface area contributed by atoms with Crippen LogP contribution in [0.15, 0.2) is 66.7 Å². The van der Waals surface area contributed by atoms with Crippen LogP contribution in [0.1, 0.15) is 10.4 Å². The summed E-state index contributed by atoms with van der Waals surface area (Å²) >= 11 is 0. The van der Waals surface area contributed by atoms with Crippen molar-refractivity contribution < 1.29 is 13.6 Å². The fourth-order valence-electron chi connectivity index (χ4n) is 3.18. The van der Waals surface area contributed by atoms with Crippen LogP contribution in [-0.2, 0) is 0 Å². The Balaban J connectivity index is 2.10. The van der Waals surface area contributed by atoms with Gasteiger partial charge in [0.05, 0.1) is 0 Å². The van der Waals surface area contributed by atoms with E-state index in [0.717, 1.165) is 22.3 Å². The van der Waals surface area contributed by atoms with Crippen LogP contribution in [0.4, 0.5) is 8.78 Å². The summed E-state index contributed by atoms with van der Waals surface area (Å²) in [5.41, 5.74) is 14.8. The molecule has 4 nitrogen and oxygen atoms in total. The molecular weight excluding hydrogens is 372 g/mol. The quantitative estimate of drug-likeness (QED) is 0.641. The molecule has 0 saturated carbocycles. The van der Waals surface area contributed by atoms with Gasteiger partial charge in [0.25, 0.3) is 5.91 Å². The van der Waals surface area contributed by atoms with E-state index in [0.29, 0.717) is 31.7 Å². The molecule has 3 rings (SSSR count). The Kier molecular flexibility index (Phi) is 6.69. The first-order chi connectivity index (χ1) is 14.0. The Morgan fingerprint density at radius 3 is 1.48 bits per heavy atom. The summed E-state index contributed by atoms with van der Waals surface area (Å²) in [7, 11) is 0. The SMILES string of the molecule is NCCN(CCN)C(=O)c1cc(-c2ccc(F)cc2)cc(-c2ccc(F)cc2)c1. The van der Waals surface area contributed by atoms with Gasteiger partial charge in [-0.05, 0) is 64.7 Å². The minimum atomic E-state index is -0.336. The summed E-state index contributed by atoms with van der Waals surface area (Å²) in [6, 6.07) is 17.5. The predicted octanol–water partition coefficient (Wildman–Crippen LogP) is 3.66. The maximum atomic E-state index is 13.3. The van der Waals surface area contributed by atoms with E-state index in [1.807, 2.05) is 6.07 Å². The molecule has 0 spiro atoms. The zero-order valence-corrected chi connectivity index (χ0v) is 15.9. The van der Waals surface area contributed by atoms with Crippen molar-refractivity contribution in [3.05, 3.63) is 83.9 Å². The number of rotatable bonds is 7. The number of hydrogen-bond donors (Lipinski definition) is 2. The first kappa shape index (κ1) is 20.6. The second-order valence-corrected chi connectivity index (χ2v) is 6.68. The molecule has 0 unspecified atom stereocenters. The summed E-state index contributed by atoms with van der Waals surface area (Å²) in [4.78, 5) is 14.7. The van der Waals surface area contributed by atoms with Gasteiger partial charge in [-0.15, -0.1) is 0 Å². The normalized spacial score (nSPS) is 10.8. The minimum absolute atomic E-state index is 0.187. The maximum Gasteiger partial charge on any atom is 0.253 e. The highest BCUT2D eigenvalue weighted by Gasteiger charge is 2.17. The van der Waals surface area contributed by atoms with Crippen molar-refractivity contribution >= 4 is 5.91 Å². The van der Waals surface area contributed by atoms with Crippen LogP contribution in [0.3, 0.4) is 0 Å². The molecule has 4 N–H and O–H groups in total. The number of amides is 1. The van der Waals surface area contributed by atoms with Gasteiger partial charge in [-0.1, -0.05) is 24.3 Å². The molecule has 3 aromatic carbocycles. The molecule has 150 valence electrons. The Hall–Kier alpha value is -3.09. The van der Waals surface area contributed by atoms with Crippen LogP contribution >= 0.6 is 0 Å². The Bertz CT molecular complexity index is 903. The van der Waals surface area contributed by atoms with Crippen LogP contribution in [0.5, 0.6) is 0 Å². The van der Waals surface area contributed by atoms with E-state index in [4.69, 9.17) is 11.5 Å². The van der Waals surface area contributed by atoms with Crippen molar-refractivity contribution in [2.75, 3.05) is 26.2 Å². The topological polar surface area (TPSA) is 72.3 Å². The van der Waals surface area contributed by atoms with Crippen LogP contribution in [0, 0.1) is 11.6 Å². The molecule has 1 amide bonds. The molecule has 3 aromatic rings. The van der Waals surface area contributed by atoms with Crippen molar-refractivity contribution in [3.63, 3.8) is 0 Å². The van der Waals surface area contributed by atoms with Crippen molar-refractivity contribution in [2.24, 2.45) is 11.5 Å². The molecule has 0 fully saturated rings. The van der Waals surface area contributed by atoms with E-state index < -0.39 is 0 Å². The van der Waals surface area contributed by atoms with Crippen LogP contribution in [0.25, 0.3) is 22.3 Å². The minimum Gasteiger partial charge on any atom is -0.336 e. The number of nitrogens with two attached hydrogens (primary N) is 2. The maximum absolute atomic E-state index is 13.3. The van der Waals surface area contributed by atoms with Gasteiger partial charge in [0, 0.05) is 31.7 Å². The monoisotopic (exact) mass is 395 g/mol. The highest BCUT2D eigenvalue weighted by Crippen LogP contribution is 2.29. The molecule has 0 bridgehead atoms. The van der Waals surface area contributed by atoms with E-state index in [1.165, 1.54) is 24.3 Å². The lowest BCUT2D eigenvalue weighted by Gasteiger charge is -2.22. The molecule has 0 radical (unpaired) electrons. The van der Waals surface area contributed by atoms with Gasteiger partial charge in [0.15, 0.2) is 0 Å². The summed E-state index contributed by atoms with van der Waals surface area (Å²) in [6.45, 7) is 1.44. The van der Waals surface area contributed by atoms with Crippen molar-refractivity contribution in [1.82, 2.24) is 4.90 Å². The van der Waals surface area contributed by atoms with E-state index in [9.17, 15) is 13.6 Å². The van der Waals surface area contributed by atoms with Crippen molar-refractivity contribution in [3.8, 4) is 22.3 Å². The van der Waals surface area contributed by atoms with Gasteiger partial charge in [-0.25, -0.2) is 8.78 Å². The lowest BCUT2D eigenvalue weighted by molar-refractivity contribution is 0.0765. The number of halogens is 2. The van der Waals surface area contributed by atoms with E-state index in [-0.39, 0.29) is 17.5 Å². The Morgan fingerprint density at radius 1 is 0.690 bits per heavy atom. The van der Waals surface area contributed by atoms with Gasteiger partial charge < -0.3 is 16.4 Å². The largest absolute Gasteiger partial charge is 0.336 e. The van der Waals surface area contributed by atoms with Gasteiger partial charge in [0.1, 0.15) is 11.6 Å². The number of nitrogens with zero attached hydrogens (tertiary/aromatic N) is 1. The van der Waals surface area contributed by atoms with Crippen molar-refractivity contribution in [1.29, 1.82) is 0 Å². The molecule has 0 aliphatic carbocycles. The zero-order valence-electron chi connectivity index (χ0n) is 15.9. The fourth-order valence-corrected chi connectivity index (χ4v) is 3.18. The third-order valence-corrected chi connectivity index (χ3v) is 4.62. The van der Waals surface area contributed by atoms with Crippen LogP contribution < -0.4 is 11.5 Å². The van der Waals surface area contributed by atoms with E-state index >= 15 is 0 Å². The third kappa shape index (κ3) is 5.04. The van der Waals surface area contributed by atoms with Crippen molar-refractivity contribution in [2.45, 2.75) is 0 Å². The standard InChI is InChI=1S/C23H23F2N3O/c24-21-5-1-16(2-6-21)18-13-19(17-3-7-22(25)8-4-17)15-20(14-18)23(29)28(11-9-26)12-10-27/h1-8,13-15H,9-12,26-27H2. The Labute approximate surface area is 168 Å². The molecular formula is C23H23F2N3O. The van der Waals surface area contributed by atoms with Crippen LogP contribution in [0.2, 0.25) is 0 Å². The van der Waals surface area contributed by atoms with Gasteiger partial charge in [-0.2, -0.15) is 0 Å². The van der Waals surface area contributed by atoms with Gasteiger partial charge in [0.2, 0.25) is 0 Å². The van der Waals surface area contributed by atoms with Gasteiger partial charge >= 0.3 is 0 Å². The van der Waals surface area contributed by atoms with Crippen LogP contribution in [-0.4, -0.2) is 37.0 Å². The smallest absolute Gasteiger partial charge is 0.253 e. The van der Waals surface area contributed by atoms with E-state index in [2.05, 4.69) is 0 Å². The predicted molar refractivity (Wildman–Crippen MR) is 111 cm³/mol. The number of hydrogen-bond acceptors (Lipinski definition) is 3.